The van der Waals surface area contributed by atoms with Gasteiger partial charge >= 0.3 is 0 Å². The van der Waals surface area contributed by atoms with Crippen molar-refractivity contribution in [1.29, 1.82) is 0 Å². The van der Waals surface area contributed by atoms with Crippen molar-refractivity contribution in [2.75, 3.05) is 19.9 Å². The Morgan fingerprint density at radius 3 is 2.70 bits per heavy atom. The van der Waals surface area contributed by atoms with Crippen molar-refractivity contribution in [3.05, 3.63) is 18.2 Å². The highest BCUT2D eigenvalue weighted by atomic mass is 16.7. The van der Waals surface area contributed by atoms with Crippen molar-refractivity contribution in [3.63, 3.8) is 0 Å². The summed E-state index contributed by atoms with van der Waals surface area (Å²) in [6, 6.07) is 6.02. The van der Waals surface area contributed by atoms with E-state index in [0.29, 0.717) is 19.4 Å². The maximum atomic E-state index is 5.92. The van der Waals surface area contributed by atoms with Crippen molar-refractivity contribution >= 4 is 0 Å². The number of benzene rings is 1. The van der Waals surface area contributed by atoms with Crippen LogP contribution in [0.1, 0.15) is 34.1 Å². The summed E-state index contributed by atoms with van der Waals surface area (Å²) in [6.07, 6.45) is 1.12. The zero-order valence-corrected chi connectivity index (χ0v) is 12.9. The van der Waals surface area contributed by atoms with Gasteiger partial charge in [-0.2, -0.15) is 0 Å². The van der Waals surface area contributed by atoms with Crippen LogP contribution in [0.25, 0.3) is 0 Å². The molecule has 4 nitrogen and oxygen atoms in total. The minimum atomic E-state index is 0.158. The number of fused-ring (bicyclic) bond motifs is 1. The predicted octanol–water partition coefficient (Wildman–Crippen LogP) is 3.21. The maximum Gasteiger partial charge on any atom is 0.231 e. The number of nitrogens with one attached hydrogen (secondary N) is 1. The second kappa shape index (κ2) is 6.35. The molecule has 0 fully saturated rings. The van der Waals surface area contributed by atoms with Gasteiger partial charge in [-0.25, -0.2) is 0 Å². The fourth-order valence-electron chi connectivity index (χ4n) is 2.08. The third-order valence-electron chi connectivity index (χ3n) is 3.45. The average Bonchev–Trinajstić information content (AvgIpc) is 2.84. The second-order valence-corrected chi connectivity index (χ2v) is 6.20. The fourth-order valence-corrected chi connectivity index (χ4v) is 2.08. The minimum absolute atomic E-state index is 0.158. The second-order valence-electron chi connectivity index (χ2n) is 6.20. The van der Waals surface area contributed by atoms with Crippen molar-refractivity contribution < 1.29 is 14.2 Å². The number of hydrogen-bond acceptors (Lipinski definition) is 4. The summed E-state index contributed by atoms with van der Waals surface area (Å²) in [5.74, 6) is 2.37. The Labute approximate surface area is 121 Å². The van der Waals surface area contributed by atoms with Crippen molar-refractivity contribution in [3.8, 4) is 17.2 Å². The van der Waals surface area contributed by atoms with E-state index in [1.54, 1.807) is 0 Å². The van der Waals surface area contributed by atoms with Gasteiger partial charge in [-0.1, -0.05) is 27.7 Å². The lowest BCUT2D eigenvalue weighted by Crippen LogP contribution is -2.45. The van der Waals surface area contributed by atoms with Crippen LogP contribution in [0, 0.1) is 5.41 Å². The molecule has 1 atom stereocenters. The van der Waals surface area contributed by atoms with Crippen LogP contribution in [-0.2, 0) is 0 Å². The third kappa shape index (κ3) is 3.79. The lowest BCUT2D eigenvalue weighted by Gasteiger charge is -2.31. The van der Waals surface area contributed by atoms with E-state index in [0.717, 1.165) is 30.2 Å². The average molecular weight is 279 g/mol. The first-order valence-corrected chi connectivity index (χ1v) is 7.26. The molecule has 1 N–H and O–H groups in total. The highest BCUT2D eigenvalue weighted by molar-refractivity contribution is 5.46. The molecule has 4 heteroatoms. The zero-order valence-electron chi connectivity index (χ0n) is 12.9. The summed E-state index contributed by atoms with van der Waals surface area (Å²) in [6.45, 7) is 10.8. The van der Waals surface area contributed by atoms with Gasteiger partial charge in [0.05, 0.1) is 0 Å². The summed E-state index contributed by atoms with van der Waals surface area (Å²) >= 11 is 0. The molecule has 0 spiro atoms. The Morgan fingerprint density at radius 2 is 2.00 bits per heavy atom. The Kier molecular flexibility index (Phi) is 4.76. The molecule has 0 aromatic heterocycles. The van der Waals surface area contributed by atoms with E-state index in [1.807, 2.05) is 18.2 Å². The van der Waals surface area contributed by atoms with Gasteiger partial charge in [-0.05, 0) is 30.5 Å². The molecule has 1 unspecified atom stereocenters. The van der Waals surface area contributed by atoms with Crippen LogP contribution in [0.2, 0.25) is 0 Å². The molecule has 1 heterocycles. The number of ether oxygens (including phenoxy) is 3. The minimum Gasteiger partial charge on any atom is -0.492 e. The standard InChI is InChI=1S/C16H25NO3/c1-5-8-17-15(16(2,3)4)10-18-12-6-7-13-14(9-12)20-11-19-13/h6-7,9,15,17H,5,8,10-11H2,1-4H3. The van der Waals surface area contributed by atoms with Crippen LogP contribution in [0.4, 0.5) is 0 Å². The molecule has 1 aromatic carbocycles. The lowest BCUT2D eigenvalue weighted by atomic mass is 9.87. The van der Waals surface area contributed by atoms with Gasteiger partial charge in [0.2, 0.25) is 6.79 Å². The molecule has 0 bridgehead atoms. The first-order valence-electron chi connectivity index (χ1n) is 7.26. The Hall–Kier alpha value is -1.42. The molecule has 1 aliphatic heterocycles. The van der Waals surface area contributed by atoms with Crippen LogP contribution < -0.4 is 19.5 Å². The molecule has 2 rings (SSSR count). The highest BCUT2D eigenvalue weighted by Crippen LogP contribution is 2.35. The molecule has 0 saturated heterocycles. The summed E-state index contributed by atoms with van der Waals surface area (Å²) in [7, 11) is 0. The smallest absolute Gasteiger partial charge is 0.231 e. The predicted molar refractivity (Wildman–Crippen MR) is 79.6 cm³/mol. The quantitative estimate of drug-likeness (QED) is 0.868. The number of rotatable bonds is 6. The van der Waals surface area contributed by atoms with E-state index in [1.165, 1.54) is 0 Å². The molecular formula is C16H25NO3. The summed E-state index contributed by atoms with van der Waals surface area (Å²) in [4.78, 5) is 0. The van der Waals surface area contributed by atoms with E-state index in [4.69, 9.17) is 14.2 Å². The third-order valence-corrected chi connectivity index (χ3v) is 3.45. The molecule has 0 aliphatic carbocycles. The summed E-state index contributed by atoms with van der Waals surface area (Å²) < 4.78 is 16.6. The van der Waals surface area contributed by atoms with Crippen molar-refractivity contribution in [2.24, 2.45) is 5.41 Å². The Bertz CT molecular complexity index is 440. The van der Waals surface area contributed by atoms with Gasteiger partial charge < -0.3 is 19.5 Å². The largest absolute Gasteiger partial charge is 0.492 e. The van der Waals surface area contributed by atoms with E-state index in [-0.39, 0.29) is 5.41 Å². The van der Waals surface area contributed by atoms with Crippen LogP contribution >= 0.6 is 0 Å². The SMILES string of the molecule is CCCNC(COc1ccc2c(c1)OCO2)C(C)(C)C. The molecule has 1 aromatic rings. The van der Waals surface area contributed by atoms with Gasteiger partial charge in [-0.15, -0.1) is 0 Å². The highest BCUT2D eigenvalue weighted by Gasteiger charge is 2.24. The summed E-state index contributed by atoms with van der Waals surface area (Å²) in [5.41, 5.74) is 0.158. The van der Waals surface area contributed by atoms with E-state index in [2.05, 4.69) is 33.0 Å². The van der Waals surface area contributed by atoms with E-state index in [9.17, 15) is 0 Å². The molecule has 0 saturated carbocycles. The first-order chi connectivity index (χ1) is 9.50. The molecule has 0 radical (unpaired) electrons. The first kappa shape index (κ1) is 15.0. The van der Waals surface area contributed by atoms with Crippen LogP contribution in [0.5, 0.6) is 17.2 Å². The molecule has 20 heavy (non-hydrogen) atoms. The molecule has 1 aliphatic rings. The monoisotopic (exact) mass is 279 g/mol. The van der Waals surface area contributed by atoms with Gasteiger partial charge in [-0.3, -0.25) is 0 Å². The van der Waals surface area contributed by atoms with Crippen molar-refractivity contribution in [1.82, 2.24) is 5.32 Å². The van der Waals surface area contributed by atoms with Crippen LogP contribution in [-0.4, -0.2) is 26.0 Å². The number of hydrogen-bond donors (Lipinski definition) is 1. The van der Waals surface area contributed by atoms with E-state index >= 15 is 0 Å². The van der Waals surface area contributed by atoms with Gasteiger partial charge in [0, 0.05) is 12.1 Å². The molecule has 0 amide bonds. The fraction of sp³-hybridized carbons (Fsp3) is 0.625. The Balaban J connectivity index is 1.95. The Morgan fingerprint density at radius 1 is 1.25 bits per heavy atom. The lowest BCUT2D eigenvalue weighted by molar-refractivity contribution is 0.171. The zero-order chi connectivity index (χ0) is 14.6. The van der Waals surface area contributed by atoms with Gasteiger partial charge in [0.25, 0.3) is 0 Å². The molecular weight excluding hydrogens is 254 g/mol. The van der Waals surface area contributed by atoms with Crippen LogP contribution in [0.15, 0.2) is 18.2 Å². The van der Waals surface area contributed by atoms with E-state index < -0.39 is 0 Å². The molecule has 112 valence electrons. The topological polar surface area (TPSA) is 39.7 Å². The normalized spacial score (nSPS) is 15.2. The van der Waals surface area contributed by atoms with Crippen molar-refractivity contribution in [2.45, 2.75) is 40.2 Å². The van der Waals surface area contributed by atoms with Crippen LogP contribution in [0.3, 0.4) is 0 Å². The maximum absolute atomic E-state index is 5.92. The summed E-state index contributed by atoms with van der Waals surface area (Å²) in [5, 5.41) is 3.55. The van der Waals surface area contributed by atoms with Gasteiger partial charge in [0.15, 0.2) is 11.5 Å². The van der Waals surface area contributed by atoms with Gasteiger partial charge in [0.1, 0.15) is 12.4 Å².